The quantitative estimate of drug-likeness (QED) is 0.859. The predicted octanol–water partition coefficient (Wildman–Crippen LogP) is 3.01. The van der Waals surface area contributed by atoms with Gasteiger partial charge in [-0.3, -0.25) is 4.79 Å². The molecule has 0 bridgehead atoms. The molecule has 1 aliphatic carbocycles. The van der Waals surface area contributed by atoms with Gasteiger partial charge in [0.2, 0.25) is 11.7 Å². The number of amides is 1. The Labute approximate surface area is 134 Å². The summed E-state index contributed by atoms with van der Waals surface area (Å²) in [6.07, 6.45) is 3.56. The van der Waals surface area contributed by atoms with Crippen LogP contribution in [-0.2, 0) is 17.8 Å². The van der Waals surface area contributed by atoms with E-state index in [1.807, 2.05) is 30.3 Å². The van der Waals surface area contributed by atoms with Gasteiger partial charge >= 0.3 is 5.97 Å². The molecule has 1 aromatic carbocycles. The summed E-state index contributed by atoms with van der Waals surface area (Å²) in [5.74, 6) is -0.759. The van der Waals surface area contributed by atoms with Crippen LogP contribution in [0.15, 0.2) is 46.9 Å². The molecule has 0 spiro atoms. The second-order valence-corrected chi connectivity index (χ2v) is 6.05. The van der Waals surface area contributed by atoms with E-state index in [0.29, 0.717) is 5.76 Å². The smallest absolute Gasteiger partial charge is 0.371 e. The zero-order valence-corrected chi connectivity index (χ0v) is 12.7. The van der Waals surface area contributed by atoms with Gasteiger partial charge in [0.05, 0.1) is 12.0 Å². The lowest BCUT2D eigenvalue weighted by Crippen LogP contribution is -2.46. The molecule has 0 unspecified atom stereocenters. The van der Waals surface area contributed by atoms with Gasteiger partial charge < -0.3 is 14.8 Å². The SMILES string of the molecule is O=C(O)c1ccc(CNC(=O)C2(Cc3ccccc3)CCC2)o1. The monoisotopic (exact) mass is 313 g/mol. The third kappa shape index (κ3) is 3.28. The molecular formula is C18H19NO4. The van der Waals surface area contributed by atoms with Gasteiger partial charge in [-0.15, -0.1) is 0 Å². The molecule has 120 valence electrons. The summed E-state index contributed by atoms with van der Waals surface area (Å²) < 4.78 is 5.16. The van der Waals surface area contributed by atoms with Crippen LogP contribution in [0.25, 0.3) is 0 Å². The summed E-state index contributed by atoms with van der Waals surface area (Å²) >= 11 is 0. The number of nitrogens with one attached hydrogen (secondary N) is 1. The Balaban J connectivity index is 1.62. The molecule has 0 atom stereocenters. The molecule has 1 aromatic heterocycles. The third-order valence-electron chi connectivity index (χ3n) is 4.47. The molecule has 2 aromatic rings. The molecule has 1 aliphatic rings. The Hall–Kier alpha value is -2.56. The van der Waals surface area contributed by atoms with Crippen LogP contribution in [0, 0.1) is 5.41 Å². The Morgan fingerprint density at radius 2 is 1.87 bits per heavy atom. The maximum atomic E-state index is 12.6. The average Bonchev–Trinajstić information content (AvgIpc) is 2.99. The van der Waals surface area contributed by atoms with Gasteiger partial charge in [0.1, 0.15) is 5.76 Å². The van der Waals surface area contributed by atoms with Crippen LogP contribution in [0.4, 0.5) is 0 Å². The minimum absolute atomic E-state index is 0.0147. The number of furan rings is 1. The van der Waals surface area contributed by atoms with Crippen LogP contribution in [0.3, 0.4) is 0 Å². The largest absolute Gasteiger partial charge is 0.475 e. The first-order valence-corrected chi connectivity index (χ1v) is 7.73. The van der Waals surface area contributed by atoms with Gasteiger partial charge in [-0.05, 0) is 37.0 Å². The van der Waals surface area contributed by atoms with Crippen LogP contribution < -0.4 is 5.32 Å². The first-order valence-electron chi connectivity index (χ1n) is 7.73. The van der Waals surface area contributed by atoms with Gasteiger partial charge in [-0.1, -0.05) is 36.8 Å². The topological polar surface area (TPSA) is 79.5 Å². The van der Waals surface area contributed by atoms with Crippen molar-refractivity contribution in [2.75, 3.05) is 0 Å². The Kier molecular flexibility index (Phi) is 4.19. The number of aromatic carboxylic acids is 1. The van der Waals surface area contributed by atoms with Gasteiger partial charge in [0, 0.05) is 0 Å². The van der Waals surface area contributed by atoms with Crippen molar-refractivity contribution >= 4 is 11.9 Å². The summed E-state index contributed by atoms with van der Waals surface area (Å²) in [5.41, 5.74) is 0.817. The molecule has 1 saturated carbocycles. The highest BCUT2D eigenvalue weighted by atomic mass is 16.4. The number of benzene rings is 1. The summed E-state index contributed by atoms with van der Waals surface area (Å²) in [6.45, 7) is 0.211. The summed E-state index contributed by atoms with van der Waals surface area (Å²) in [6, 6.07) is 13.0. The number of carboxylic acid groups (broad SMARTS) is 1. The maximum Gasteiger partial charge on any atom is 0.371 e. The Morgan fingerprint density at radius 1 is 1.13 bits per heavy atom. The maximum absolute atomic E-state index is 12.6. The van der Waals surface area contributed by atoms with E-state index in [4.69, 9.17) is 9.52 Å². The van der Waals surface area contributed by atoms with Gasteiger partial charge in [0.25, 0.3) is 0 Å². The van der Waals surface area contributed by atoms with Crippen molar-refractivity contribution in [3.8, 4) is 0 Å². The summed E-state index contributed by atoms with van der Waals surface area (Å²) in [5, 5.41) is 11.7. The molecule has 5 heteroatoms. The lowest BCUT2D eigenvalue weighted by Gasteiger charge is -2.40. The molecule has 5 nitrogen and oxygen atoms in total. The van der Waals surface area contributed by atoms with Crippen LogP contribution in [0.1, 0.15) is 41.1 Å². The molecule has 1 amide bonds. The van der Waals surface area contributed by atoms with Crippen LogP contribution in [0.5, 0.6) is 0 Å². The van der Waals surface area contributed by atoms with Crippen molar-refractivity contribution in [2.24, 2.45) is 5.41 Å². The van der Waals surface area contributed by atoms with Crippen molar-refractivity contribution in [1.29, 1.82) is 0 Å². The fourth-order valence-corrected chi connectivity index (χ4v) is 3.02. The molecular weight excluding hydrogens is 294 g/mol. The number of hydrogen-bond acceptors (Lipinski definition) is 3. The van der Waals surface area contributed by atoms with E-state index >= 15 is 0 Å². The first-order chi connectivity index (χ1) is 11.1. The molecule has 0 radical (unpaired) electrons. The molecule has 1 heterocycles. The standard InChI is InChI=1S/C18H19NO4/c20-16(21)15-8-7-14(23-15)12-19-17(22)18(9-4-10-18)11-13-5-2-1-3-6-13/h1-3,5-8H,4,9-12H2,(H,19,22)(H,20,21). The highest BCUT2D eigenvalue weighted by Crippen LogP contribution is 2.44. The summed E-state index contributed by atoms with van der Waals surface area (Å²) in [4.78, 5) is 23.4. The van der Waals surface area contributed by atoms with Crippen LogP contribution >= 0.6 is 0 Å². The minimum Gasteiger partial charge on any atom is -0.475 e. The predicted molar refractivity (Wildman–Crippen MR) is 83.9 cm³/mol. The van der Waals surface area contributed by atoms with Gasteiger partial charge in [-0.2, -0.15) is 0 Å². The highest BCUT2D eigenvalue weighted by molar-refractivity contribution is 5.85. The normalized spacial score (nSPS) is 15.7. The van der Waals surface area contributed by atoms with E-state index < -0.39 is 5.97 Å². The average molecular weight is 313 g/mol. The van der Waals surface area contributed by atoms with E-state index in [0.717, 1.165) is 31.2 Å². The zero-order chi connectivity index (χ0) is 16.3. The number of carboxylic acids is 1. The first kappa shape index (κ1) is 15.3. The molecule has 1 fully saturated rings. The molecule has 0 aliphatic heterocycles. The summed E-state index contributed by atoms with van der Waals surface area (Å²) in [7, 11) is 0. The lowest BCUT2D eigenvalue weighted by molar-refractivity contribution is -0.136. The van der Waals surface area contributed by atoms with Gasteiger partial charge in [-0.25, -0.2) is 4.79 Å². The zero-order valence-electron chi connectivity index (χ0n) is 12.7. The van der Waals surface area contributed by atoms with Gasteiger partial charge in [0.15, 0.2) is 0 Å². The molecule has 23 heavy (non-hydrogen) atoms. The van der Waals surface area contributed by atoms with Crippen molar-refractivity contribution in [1.82, 2.24) is 5.32 Å². The van der Waals surface area contributed by atoms with Crippen molar-refractivity contribution < 1.29 is 19.1 Å². The van der Waals surface area contributed by atoms with E-state index in [1.165, 1.54) is 6.07 Å². The second kappa shape index (κ2) is 6.28. The third-order valence-corrected chi connectivity index (χ3v) is 4.47. The van der Waals surface area contributed by atoms with Crippen molar-refractivity contribution in [2.45, 2.75) is 32.2 Å². The number of carbonyl (C=O) groups is 2. The second-order valence-electron chi connectivity index (χ2n) is 6.05. The molecule has 3 rings (SSSR count). The van der Waals surface area contributed by atoms with E-state index in [9.17, 15) is 9.59 Å². The molecule has 0 saturated heterocycles. The van der Waals surface area contributed by atoms with Crippen molar-refractivity contribution in [3.63, 3.8) is 0 Å². The fraction of sp³-hybridized carbons (Fsp3) is 0.333. The highest BCUT2D eigenvalue weighted by Gasteiger charge is 2.43. The fourth-order valence-electron chi connectivity index (χ4n) is 3.02. The Bertz CT molecular complexity index is 701. The lowest BCUT2D eigenvalue weighted by atomic mass is 9.64. The minimum atomic E-state index is -1.11. The number of hydrogen-bond donors (Lipinski definition) is 2. The van der Waals surface area contributed by atoms with Crippen LogP contribution in [-0.4, -0.2) is 17.0 Å². The Morgan fingerprint density at radius 3 is 2.43 bits per heavy atom. The molecule has 2 N–H and O–H groups in total. The number of carbonyl (C=O) groups excluding carboxylic acids is 1. The van der Waals surface area contributed by atoms with Crippen LogP contribution in [0.2, 0.25) is 0 Å². The van der Waals surface area contributed by atoms with E-state index in [-0.39, 0.29) is 23.6 Å². The van der Waals surface area contributed by atoms with E-state index in [1.54, 1.807) is 6.07 Å². The van der Waals surface area contributed by atoms with E-state index in [2.05, 4.69) is 5.32 Å². The number of rotatable bonds is 6. The van der Waals surface area contributed by atoms with Crippen molar-refractivity contribution in [3.05, 3.63) is 59.5 Å².